The number of aliphatic carboxylic acids is 1. The van der Waals surface area contributed by atoms with Gasteiger partial charge in [-0.15, -0.1) is 0 Å². The van der Waals surface area contributed by atoms with Crippen LogP contribution in [0.25, 0.3) is 39.8 Å². The quantitative estimate of drug-likeness (QED) is 0.270. The van der Waals surface area contributed by atoms with E-state index < -0.39 is 5.97 Å². The lowest BCUT2D eigenvalue weighted by Gasteiger charge is -2.16. The molecule has 0 bridgehead atoms. The highest BCUT2D eigenvalue weighted by Crippen LogP contribution is 2.35. The average molecular weight is 516 g/mol. The van der Waals surface area contributed by atoms with Crippen LogP contribution in [0.5, 0.6) is 11.5 Å². The molecule has 0 atom stereocenters. The van der Waals surface area contributed by atoms with Crippen molar-refractivity contribution in [2.24, 2.45) is 0 Å². The summed E-state index contributed by atoms with van der Waals surface area (Å²) in [5.74, 6) is 0.552. The first-order valence-corrected chi connectivity index (χ1v) is 12.6. The van der Waals surface area contributed by atoms with Gasteiger partial charge in [-0.1, -0.05) is 6.07 Å². The van der Waals surface area contributed by atoms with Crippen molar-refractivity contribution in [1.82, 2.24) is 24.8 Å². The second-order valence-corrected chi connectivity index (χ2v) is 9.02. The van der Waals surface area contributed by atoms with Crippen molar-refractivity contribution in [3.8, 4) is 34.0 Å². The van der Waals surface area contributed by atoms with Crippen LogP contribution in [0.4, 0.5) is 0 Å². The Morgan fingerprint density at radius 1 is 1.13 bits per heavy atom. The molecule has 3 heterocycles. The normalized spacial score (nSPS) is 13.9. The van der Waals surface area contributed by atoms with Crippen molar-refractivity contribution >= 4 is 23.2 Å². The predicted molar refractivity (Wildman–Crippen MR) is 144 cm³/mol. The SMILES string of the molecule is CCOc1cc(-c2cc(/C=C/C(=O)O)cc(OCCN3CCCC3)c2)ccc1-c1nc2[nH]cnc2c(=O)[nH]1. The van der Waals surface area contributed by atoms with Gasteiger partial charge < -0.3 is 24.5 Å². The molecule has 196 valence electrons. The Labute approximate surface area is 219 Å². The number of benzene rings is 2. The van der Waals surface area contributed by atoms with Gasteiger partial charge in [0.15, 0.2) is 11.2 Å². The van der Waals surface area contributed by atoms with Gasteiger partial charge in [-0.25, -0.2) is 14.8 Å². The van der Waals surface area contributed by atoms with E-state index in [2.05, 4.69) is 24.8 Å². The van der Waals surface area contributed by atoms with Crippen LogP contribution in [0.1, 0.15) is 25.3 Å². The Balaban J connectivity index is 1.49. The number of likely N-dealkylation sites (tertiary alicyclic amines) is 1. The molecule has 0 aliphatic carbocycles. The van der Waals surface area contributed by atoms with Gasteiger partial charge in [0.2, 0.25) is 0 Å². The first kappa shape index (κ1) is 25.2. The number of aromatic amines is 2. The summed E-state index contributed by atoms with van der Waals surface area (Å²) in [5.41, 5.74) is 3.32. The van der Waals surface area contributed by atoms with Gasteiger partial charge >= 0.3 is 5.97 Å². The third-order valence-corrected chi connectivity index (χ3v) is 6.38. The summed E-state index contributed by atoms with van der Waals surface area (Å²) in [6.45, 7) is 5.88. The molecule has 2 aromatic carbocycles. The number of carbonyl (C=O) groups is 1. The number of fused-ring (bicyclic) bond motifs is 1. The maximum atomic E-state index is 12.5. The molecule has 0 radical (unpaired) electrons. The highest BCUT2D eigenvalue weighted by molar-refractivity contribution is 5.86. The molecule has 0 amide bonds. The van der Waals surface area contributed by atoms with Crippen LogP contribution in [0, 0.1) is 0 Å². The fourth-order valence-electron chi connectivity index (χ4n) is 4.58. The third-order valence-electron chi connectivity index (χ3n) is 6.38. The maximum Gasteiger partial charge on any atom is 0.328 e. The lowest BCUT2D eigenvalue weighted by Crippen LogP contribution is -2.25. The number of rotatable bonds is 10. The van der Waals surface area contributed by atoms with Crippen LogP contribution < -0.4 is 15.0 Å². The number of hydrogen-bond donors (Lipinski definition) is 3. The van der Waals surface area contributed by atoms with Crippen molar-refractivity contribution in [3.63, 3.8) is 0 Å². The molecule has 0 unspecified atom stereocenters. The summed E-state index contributed by atoms with van der Waals surface area (Å²) in [4.78, 5) is 40.1. The minimum absolute atomic E-state index is 0.242. The number of H-pyrrole nitrogens is 2. The van der Waals surface area contributed by atoms with Crippen LogP contribution in [0.2, 0.25) is 0 Å². The van der Waals surface area contributed by atoms with Gasteiger partial charge in [-0.3, -0.25) is 9.69 Å². The molecule has 1 fully saturated rings. The smallest absolute Gasteiger partial charge is 0.328 e. The Morgan fingerprint density at radius 3 is 2.76 bits per heavy atom. The van der Waals surface area contributed by atoms with E-state index in [0.717, 1.165) is 36.8 Å². The zero-order valence-electron chi connectivity index (χ0n) is 21.1. The van der Waals surface area contributed by atoms with Gasteiger partial charge in [-0.2, -0.15) is 0 Å². The van der Waals surface area contributed by atoms with Gasteiger partial charge in [0.1, 0.15) is 23.9 Å². The van der Waals surface area contributed by atoms with Gasteiger partial charge in [0.05, 0.1) is 18.5 Å². The van der Waals surface area contributed by atoms with E-state index in [-0.39, 0.29) is 11.1 Å². The summed E-state index contributed by atoms with van der Waals surface area (Å²) in [5, 5.41) is 9.12. The Bertz CT molecular complexity index is 1530. The number of nitrogens with one attached hydrogen (secondary N) is 2. The van der Waals surface area contributed by atoms with Crippen LogP contribution in [-0.4, -0.2) is 68.8 Å². The van der Waals surface area contributed by atoms with Crippen molar-refractivity contribution in [1.29, 1.82) is 0 Å². The lowest BCUT2D eigenvalue weighted by molar-refractivity contribution is -0.131. The number of imidazole rings is 1. The van der Waals surface area contributed by atoms with Crippen LogP contribution in [-0.2, 0) is 4.79 Å². The molecule has 4 aromatic rings. The number of aromatic nitrogens is 4. The standard InChI is InChI=1S/C28H29N5O5/c1-2-37-23-16-19(6-7-22(23)26-31-27-25(28(36)32-26)29-17-30-27)20-13-18(5-8-24(34)35)14-21(15-20)38-12-11-33-9-3-4-10-33/h5-8,13-17H,2-4,9-12H2,1H3,(H,34,35)(H2,29,30,31,32,36)/b8-5+. The predicted octanol–water partition coefficient (Wildman–Crippen LogP) is 3.95. The van der Waals surface area contributed by atoms with Crippen molar-refractivity contribution in [2.45, 2.75) is 19.8 Å². The molecule has 0 saturated carbocycles. The largest absolute Gasteiger partial charge is 0.493 e. The first-order chi connectivity index (χ1) is 18.5. The van der Waals surface area contributed by atoms with Crippen molar-refractivity contribution < 1.29 is 19.4 Å². The monoisotopic (exact) mass is 515 g/mol. The van der Waals surface area contributed by atoms with Gasteiger partial charge in [0, 0.05) is 12.6 Å². The van der Waals surface area contributed by atoms with E-state index in [0.29, 0.717) is 47.3 Å². The number of hydrogen-bond acceptors (Lipinski definition) is 7. The molecule has 3 N–H and O–H groups in total. The molecule has 2 aromatic heterocycles. The lowest BCUT2D eigenvalue weighted by atomic mass is 10.00. The summed E-state index contributed by atoms with van der Waals surface area (Å²) >= 11 is 0. The Hall–Kier alpha value is -4.44. The van der Waals surface area contributed by atoms with E-state index in [1.807, 2.05) is 43.3 Å². The Kier molecular flexibility index (Phi) is 7.50. The van der Waals surface area contributed by atoms with Crippen molar-refractivity contribution in [3.05, 3.63) is 64.7 Å². The first-order valence-electron chi connectivity index (χ1n) is 12.6. The van der Waals surface area contributed by atoms with Crippen LogP contribution in [0.15, 0.2) is 53.6 Å². The fraction of sp³-hybridized carbons (Fsp3) is 0.286. The molecule has 0 spiro atoms. The fourth-order valence-corrected chi connectivity index (χ4v) is 4.58. The highest BCUT2D eigenvalue weighted by atomic mass is 16.5. The average Bonchev–Trinajstić information content (AvgIpc) is 3.60. The zero-order chi connectivity index (χ0) is 26.5. The summed E-state index contributed by atoms with van der Waals surface area (Å²) < 4.78 is 12.0. The van der Waals surface area contributed by atoms with E-state index in [1.54, 1.807) is 6.08 Å². The minimum atomic E-state index is -1.02. The van der Waals surface area contributed by atoms with E-state index >= 15 is 0 Å². The van der Waals surface area contributed by atoms with Crippen LogP contribution in [0.3, 0.4) is 0 Å². The molecule has 10 nitrogen and oxygen atoms in total. The van der Waals surface area contributed by atoms with Gasteiger partial charge in [-0.05, 0) is 86.0 Å². The number of carboxylic acid groups (broad SMARTS) is 1. The molecular weight excluding hydrogens is 486 g/mol. The maximum absolute atomic E-state index is 12.5. The van der Waals surface area contributed by atoms with Gasteiger partial charge in [0.25, 0.3) is 5.56 Å². The van der Waals surface area contributed by atoms with E-state index in [9.17, 15) is 9.59 Å². The van der Waals surface area contributed by atoms with E-state index in [4.69, 9.17) is 14.6 Å². The third kappa shape index (κ3) is 5.76. The molecule has 5 rings (SSSR count). The number of nitrogens with zero attached hydrogens (tertiary/aromatic N) is 3. The zero-order valence-corrected chi connectivity index (χ0v) is 21.1. The minimum Gasteiger partial charge on any atom is -0.493 e. The van der Waals surface area contributed by atoms with Crippen LogP contribution >= 0.6 is 0 Å². The van der Waals surface area contributed by atoms with E-state index in [1.165, 1.54) is 19.2 Å². The number of ether oxygens (including phenoxy) is 2. The Morgan fingerprint density at radius 2 is 1.97 bits per heavy atom. The molecule has 1 aliphatic heterocycles. The number of carboxylic acids is 1. The summed E-state index contributed by atoms with van der Waals surface area (Å²) in [6, 6.07) is 11.3. The molecular formula is C28H29N5O5. The second-order valence-electron chi connectivity index (χ2n) is 9.02. The topological polar surface area (TPSA) is 133 Å². The molecule has 1 aliphatic rings. The highest BCUT2D eigenvalue weighted by Gasteiger charge is 2.15. The summed E-state index contributed by atoms with van der Waals surface area (Å²) in [7, 11) is 0. The van der Waals surface area contributed by atoms with Crippen molar-refractivity contribution in [2.75, 3.05) is 32.8 Å². The molecule has 10 heteroatoms. The second kappa shape index (κ2) is 11.3. The molecule has 38 heavy (non-hydrogen) atoms. The summed E-state index contributed by atoms with van der Waals surface area (Å²) in [6.07, 6.45) is 6.52. The molecule has 1 saturated heterocycles.